The van der Waals surface area contributed by atoms with Crippen LogP contribution in [0.4, 0.5) is 11.4 Å². The van der Waals surface area contributed by atoms with Gasteiger partial charge in [0.25, 0.3) is 10.0 Å². The second-order valence-corrected chi connectivity index (χ2v) is 12.2. The second-order valence-electron chi connectivity index (χ2n) is 9.05. The summed E-state index contributed by atoms with van der Waals surface area (Å²) in [4.78, 5) is 7.47. The van der Waals surface area contributed by atoms with Crippen LogP contribution in [0.25, 0.3) is 10.6 Å². The minimum Gasteiger partial charge on any atom is -0.495 e. The molecule has 1 N–H and O–H groups in total. The van der Waals surface area contributed by atoms with E-state index in [0.717, 1.165) is 52.9 Å². The van der Waals surface area contributed by atoms with Gasteiger partial charge in [0, 0.05) is 37.9 Å². The monoisotopic (exact) mass is 484 g/mol. The number of nitrogens with one attached hydrogen (secondary N) is 1. The van der Waals surface area contributed by atoms with Crippen molar-refractivity contribution in [1.82, 2.24) is 10.3 Å². The molecular formula is C24H28N4O3S2. The Balaban J connectivity index is 1.51. The SMILES string of the molecule is COc1cc2c(cc1N1CCNC(C)(C)C1)N(S(=O)(=O)c1ccc(-c3ccccn3)s1)CC2. The summed E-state index contributed by atoms with van der Waals surface area (Å²) in [5.41, 5.74) is 3.42. The van der Waals surface area contributed by atoms with E-state index < -0.39 is 10.0 Å². The standard InChI is InChI=1S/C24H28N4O3S2/c1-24(2)16-27(13-11-26-24)20-15-19-17(14-21(20)31-3)9-12-28(19)33(29,30)23-8-7-22(32-23)18-6-4-5-10-25-18/h4-8,10,14-15,26H,9,11-13,16H2,1-3H3. The minimum atomic E-state index is -3.68. The van der Waals surface area contributed by atoms with Crippen LogP contribution in [0.15, 0.2) is 52.9 Å². The average Bonchev–Trinajstić information content (AvgIpc) is 3.46. The van der Waals surface area contributed by atoms with Crippen molar-refractivity contribution in [2.75, 3.05) is 42.5 Å². The van der Waals surface area contributed by atoms with Gasteiger partial charge in [0.1, 0.15) is 9.96 Å². The molecule has 4 heterocycles. The molecule has 7 nitrogen and oxygen atoms in total. The third kappa shape index (κ3) is 4.09. The van der Waals surface area contributed by atoms with Gasteiger partial charge in [-0.05, 0) is 62.2 Å². The molecule has 2 aliphatic rings. The van der Waals surface area contributed by atoms with E-state index in [1.807, 2.05) is 36.4 Å². The van der Waals surface area contributed by atoms with E-state index in [-0.39, 0.29) is 5.54 Å². The summed E-state index contributed by atoms with van der Waals surface area (Å²) in [6.07, 6.45) is 2.38. The average molecular weight is 485 g/mol. The number of fused-ring (bicyclic) bond motifs is 1. The highest BCUT2D eigenvalue weighted by molar-refractivity contribution is 7.94. The molecule has 0 spiro atoms. The number of anilines is 2. The highest BCUT2D eigenvalue weighted by Crippen LogP contribution is 2.43. The van der Waals surface area contributed by atoms with Crippen LogP contribution in [0, 0.1) is 0 Å². The number of benzene rings is 1. The molecule has 2 aromatic heterocycles. The van der Waals surface area contributed by atoms with Gasteiger partial charge in [0.2, 0.25) is 0 Å². The molecule has 1 aromatic carbocycles. The number of pyridine rings is 1. The number of thiophene rings is 1. The van der Waals surface area contributed by atoms with E-state index in [9.17, 15) is 8.42 Å². The summed E-state index contributed by atoms with van der Waals surface area (Å²) in [6, 6.07) is 13.2. The molecule has 0 aliphatic carbocycles. The molecule has 0 bridgehead atoms. The number of nitrogens with zero attached hydrogens (tertiary/aromatic N) is 3. The van der Waals surface area contributed by atoms with E-state index in [4.69, 9.17) is 4.74 Å². The van der Waals surface area contributed by atoms with E-state index in [0.29, 0.717) is 17.2 Å². The fourth-order valence-corrected chi connectivity index (χ4v) is 7.49. The predicted molar refractivity (Wildman–Crippen MR) is 133 cm³/mol. The van der Waals surface area contributed by atoms with Crippen molar-refractivity contribution in [3.63, 3.8) is 0 Å². The molecule has 0 amide bonds. The molecule has 174 valence electrons. The number of hydrogen-bond donors (Lipinski definition) is 1. The molecule has 3 aromatic rings. The van der Waals surface area contributed by atoms with E-state index in [1.54, 1.807) is 23.7 Å². The Morgan fingerprint density at radius 3 is 2.70 bits per heavy atom. The molecule has 0 radical (unpaired) electrons. The molecule has 0 atom stereocenters. The van der Waals surface area contributed by atoms with Crippen LogP contribution < -0.4 is 19.3 Å². The number of rotatable bonds is 5. The smallest absolute Gasteiger partial charge is 0.273 e. The molecule has 5 rings (SSSR count). The summed E-state index contributed by atoms with van der Waals surface area (Å²) in [7, 11) is -2.00. The van der Waals surface area contributed by atoms with Crippen molar-refractivity contribution in [3.05, 3.63) is 54.2 Å². The van der Waals surface area contributed by atoms with Crippen molar-refractivity contribution >= 4 is 32.7 Å². The van der Waals surface area contributed by atoms with Crippen LogP contribution in [-0.4, -0.2) is 52.2 Å². The van der Waals surface area contributed by atoms with Crippen LogP contribution in [0.3, 0.4) is 0 Å². The van der Waals surface area contributed by atoms with Crippen LogP contribution in [0.5, 0.6) is 5.75 Å². The maximum Gasteiger partial charge on any atom is 0.273 e. The van der Waals surface area contributed by atoms with E-state index >= 15 is 0 Å². The number of aromatic nitrogens is 1. The van der Waals surface area contributed by atoms with Gasteiger partial charge in [0.15, 0.2) is 0 Å². The minimum absolute atomic E-state index is 0.0348. The molecule has 2 aliphatic heterocycles. The lowest BCUT2D eigenvalue weighted by atomic mass is 10.0. The first-order valence-electron chi connectivity index (χ1n) is 11.0. The highest BCUT2D eigenvalue weighted by Gasteiger charge is 2.35. The number of methoxy groups -OCH3 is 1. The molecule has 0 saturated carbocycles. The van der Waals surface area contributed by atoms with Gasteiger partial charge in [0.05, 0.1) is 29.1 Å². The quantitative estimate of drug-likeness (QED) is 0.595. The van der Waals surface area contributed by atoms with Crippen molar-refractivity contribution in [2.24, 2.45) is 0 Å². The largest absolute Gasteiger partial charge is 0.495 e. The fraction of sp³-hybridized carbons (Fsp3) is 0.375. The van der Waals surface area contributed by atoms with Gasteiger partial charge in [-0.3, -0.25) is 9.29 Å². The third-order valence-electron chi connectivity index (χ3n) is 6.19. The predicted octanol–water partition coefficient (Wildman–Crippen LogP) is 3.76. The molecule has 9 heteroatoms. The fourth-order valence-electron chi connectivity index (χ4n) is 4.60. The van der Waals surface area contributed by atoms with Crippen molar-refractivity contribution < 1.29 is 13.2 Å². The van der Waals surface area contributed by atoms with Crippen LogP contribution in [-0.2, 0) is 16.4 Å². The Hall–Kier alpha value is -2.62. The summed E-state index contributed by atoms with van der Waals surface area (Å²) in [5.74, 6) is 0.791. The summed E-state index contributed by atoms with van der Waals surface area (Å²) >= 11 is 1.26. The van der Waals surface area contributed by atoms with E-state index in [2.05, 4.69) is 29.0 Å². The third-order valence-corrected chi connectivity index (χ3v) is 9.58. The molecule has 1 saturated heterocycles. The van der Waals surface area contributed by atoms with Gasteiger partial charge in [-0.15, -0.1) is 11.3 Å². The molecule has 0 unspecified atom stereocenters. The Morgan fingerprint density at radius 2 is 1.97 bits per heavy atom. The van der Waals surface area contributed by atoms with Crippen LogP contribution >= 0.6 is 11.3 Å². The highest BCUT2D eigenvalue weighted by atomic mass is 32.2. The number of hydrogen-bond acceptors (Lipinski definition) is 7. The van der Waals surface area contributed by atoms with Crippen molar-refractivity contribution in [1.29, 1.82) is 0 Å². The first-order valence-corrected chi connectivity index (χ1v) is 13.3. The zero-order valence-corrected chi connectivity index (χ0v) is 20.7. The van der Waals surface area contributed by atoms with Gasteiger partial charge < -0.3 is 15.0 Å². The topological polar surface area (TPSA) is 74.8 Å². The first kappa shape index (κ1) is 22.2. The number of ether oxygens (including phenoxy) is 1. The molecular weight excluding hydrogens is 456 g/mol. The van der Waals surface area contributed by atoms with Crippen LogP contribution in [0.1, 0.15) is 19.4 Å². The lowest BCUT2D eigenvalue weighted by Gasteiger charge is -2.41. The normalized spacial score (nSPS) is 17.8. The maximum atomic E-state index is 13.6. The lowest BCUT2D eigenvalue weighted by Crippen LogP contribution is -2.57. The number of piperazine rings is 1. The van der Waals surface area contributed by atoms with Crippen molar-refractivity contribution in [3.8, 4) is 16.3 Å². The van der Waals surface area contributed by atoms with Crippen LogP contribution in [0.2, 0.25) is 0 Å². The summed E-state index contributed by atoms with van der Waals surface area (Å²) in [5, 5.41) is 3.53. The molecule has 33 heavy (non-hydrogen) atoms. The Kier molecular flexibility index (Phi) is 5.58. The zero-order chi connectivity index (χ0) is 23.2. The Bertz CT molecular complexity index is 1270. The van der Waals surface area contributed by atoms with Gasteiger partial charge in [-0.25, -0.2) is 8.42 Å². The van der Waals surface area contributed by atoms with E-state index in [1.165, 1.54) is 11.3 Å². The maximum absolute atomic E-state index is 13.6. The van der Waals surface area contributed by atoms with Crippen molar-refractivity contribution in [2.45, 2.75) is 30.0 Å². The first-order chi connectivity index (χ1) is 15.8. The lowest BCUT2D eigenvalue weighted by molar-refractivity contribution is 0.348. The van der Waals surface area contributed by atoms with Gasteiger partial charge >= 0.3 is 0 Å². The van der Waals surface area contributed by atoms with Gasteiger partial charge in [-0.1, -0.05) is 6.07 Å². The Morgan fingerprint density at radius 1 is 1.12 bits per heavy atom. The summed E-state index contributed by atoms with van der Waals surface area (Å²) < 4.78 is 34.9. The Labute approximate surface area is 199 Å². The zero-order valence-electron chi connectivity index (χ0n) is 19.0. The van der Waals surface area contributed by atoms with Gasteiger partial charge in [-0.2, -0.15) is 0 Å². The second kappa shape index (κ2) is 8.30. The number of sulfonamides is 1. The molecule has 1 fully saturated rings. The summed E-state index contributed by atoms with van der Waals surface area (Å²) in [6.45, 7) is 7.28.